The van der Waals surface area contributed by atoms with Gasteiger partial charge in [0.15, 0.2) is 11.5 Å². The number of aryl methyl sites for hydroxylation is 1. The summed E-state index contributed by atoms with van der Waals surface area (Å²) in [4.78, 5) is 27.2. The Kier molecular flexibility index (Phi) is 7.98. The minimum Gasteiger partial charge on any atom is -0.493 e. The van der Waals surface area contributed by atoms with Gasteiger partial charge in [0.2, 0.25) is 5.91 Å². The van der Waals surface area contributed by atoms with Crippen molar-refractivity contribution in [1.29, 1.82) is 5.26 Å². The Morgan fingerprint density at radius 3 is 2.40 bits per heavy atom. The van der Waals surface area contributed by atoms with Crippen LogP contribution in [0, 0.1) is 11.3 Å². The third kappa shape index (κ3) is 4.79. The SMILES string of the molecule is CCc1nn(CC(=O)N(CC)Cc2ccc(OC)c(OC)c2)c(=O)c(C#N)c1CC. The molecule has 0 atom stereocenters. The Balaban J connectivity index is 2.30. The third-order valence-electron chi connectivity index (χ3n) is 4.98. The van der Waals surface area contributed by atoms with E-state index in [-0.39, 0.29) is 18.0 Å². The molecule has 0 unspecified atom stereocenters. The van der Waals surface area contributed by atoms with E-state index in [0.29, 0.717) is 48.7 Å². The summed E-state index contributed by atoms with van der Waals surface area (Å²) < 4.78 is 11.7. The van der Waals surface area contributed by atoms with Gasteiger partial charge >= 0.3 is 0 Å². The molecule has 1 aromatic carbocycles. The lowest BCUT2D eigenvalue weighted by Gasteiger charge is -2.22. The molecule has 0 fully saturated rings. The van der Waals surface area contributed by atoms with Gasteiger partial charge in [0, 0.05) is 13.1 Å². The number of carbonyl (C=O) groups is 1. The lowest BCUT2D eigenvalue weighted by Crippen LogP contribution is -2.38. The molecule has 2 aromatic rings. The minimum absolute atomic E-state index is 0.0695. The molecule has 8 nitrogen and oxygen atoms in total. The summed E-state index contributed by atoms with van der Waals surface area (Å²) in [5.74, 6) is 0.938. The highest BCUT2D eigenvalue weighted by Crippen LogP contribution is 2.28. The van der Waals surface area contributed by atoms with Gasteiger partial charge in [-0.1, -0.05) is 19.9 Å². The number of hydrogen-bond acceptors (Lipinski definition) is 6. The summed E-state index contributed by atoms with van der Waals surface area (Å²) in [5.41, 5.74) is 1.74. The number of aromatic nitrogens is 2. The van der Waals surface area contributed by atoms with Gasteiger partial charge in [-0.25, -0.2) is 4.68 Å². The summed E-state index contributed by atoms with van der Waals surface area (Å²) >= 11 is 0. The zero-order chi connectivity index (χ0) is 22.3. The van der Waals surface area contributed by atoms with Crippen LogP contribution in [0.4, 0.5) is 0 Å². The Bertz CT molecular complexity index is 1010. The van der Waals surface area contributed by atoms with Crippen molar-refractivity contribution in [3.63, 3.8) is 0 Å². The molecule has 0 aliphatic heterocycles. The first-order valence-corrected chi connectivity index (χ1v) is 9.95. The van der Waals surface area contributed by atoms with Gasteiger partial charge in [-0.3, -0.25) is 9.59 Å². The van der Waals surface area contributed by atoms with E-state index in [1.165, 1.54) is 0 Å². The molecule has 0 N–H and O–H groups in total. The number of rotatable bonds is 9. The van der Waals surface area contributed by atoms with Gasteiger partial charge in [-0.05, 0) is 43.0 Å². The van der Waals surface area contributed by atoms with Crippen molar-refractivity contribution in [2.24, 2.45) is 0 Å². The van der Waals surface area contributed by atoms with Crippen molar-refractivity contribution in [2.75, 3.05) is 20.8 Å². The van der Waals surface area contributed by atoms with Crippen LogP contribution in [0.25, 0.3) is 0 Å². The van der Waals surface area contributed by atoms with Crippen LogP contribution < -0.4 is 15.0 Å². The van der Waals surface area contributed by atoms with E-state index < -0.39 is 5.56 Å². The van der Waals surface area contributed by atoms with Crippen LogP contribution in [0.5, 0.6) is 11.5 Å². The number of nitrogens with zero attached hydrogens (tertiary/aromatic N) is 4. The Morgan fingerprint density at radius 1 is 1.17 bits per heavy atom. The highest BCUT2D eigenvalue weighted by Gasteiger charge is 2.19. The number of benzene rings is 1. The van der Waals surface area contributed by atoms with Crippen molar-refractivity contribution < 1.29 is 14.3 Å². The Morgan fingerprint density at radius 2 is 1.87 bits per heavy atom. The average Bonchev–Trinajstić information content (AvgIpc) is 2.77. The van der Waals surface area contributed by atoms with Gasteiger partial charge in [0.1, 0.15) is 18.2 Å². The van der Waals surface area contributed by atoms with Crippen molar-refractivity contribution in [3.05, 3.63) is 50.9 Å². The van der Waals surface area contributed by atoms with Crippen LogP contribution in [-0.4, -0.2) is 41.4 Å². The van der Waals surface area contributed by atoms with Gasteiger partial charge in [-0.15, -0.1) is 0 Å². The van der Waals surface area contributed by atoms with E-state index in [1.807, 2.05) is 39.0 Å². The fourth-order valence-electron chi connectivity index (χ4n) is 3.35. The second-order valence-electron chi connectivity index (χ2n) is 6.68. The van der Waals surface area contributed by atoms with Crippen molar-refractivity contribution >= 4 is 5.91 Å². The monoisotopic (exact) mass is 412 g/mol. The van der Waals surface area contributed by atoms with E-state index in [0.717, 1.165) is 10.2 Å². The van der Waals surface area contributed by atoms with Gasteiger partial charge in [0.05, 0.1) is 19.9 Å². The first kappa shape index (κ1) is 22.9. The molecular formula is C22H28N4O4. The maximum atomic E-state index is 12.9. The highest BCUT2D eigenvalue weighted by atomic mass is 16.5. The Hall–Kier alpha value is -3.34. The molecule has 0 saturated heterocycles. The molecule has 2 rings (SSSR count). The largest absolute Gasteiger partial charge is 0.493 e. The number of carbonyl (C=O) groups excluding carboxylic acids is 1. The average molecular weight is 412 g/mol. The molecule has 8 heteroatoms. The summed E-state index contributed by atoms with van der Waals surface area (Å²) in [5, 5.41) is 13.8. The second-order valence-corrected chi connectivity index (χ2v) is 6.68. The lowest BCUT2D eigenvalue weighted by molar-refractivity contribution is -0.132. The normalized spacial score (nSPS) is 10.4. The molecule has 1 heterocycles. The zero-order valence-electron chi connectivity index (χ0n) is 18.2. The number of methoxy groups -OCH3 is 2. The Labute approximate surface area is 176 Å². The minimum atomic E-state index is -0.526. The van der Waals surface area contributed by atoms with E-state index in [9.17, 15) is 14.9 Å². The van der Waals surface area contributed by atoms with E-state index in [2.05, 4.69) is 5.10 Å². The molecule has 1 amide bonds. The molecule has 160 valence electrons. The summed E-state index contributed by atoms with van der Waals surface area (Å²) in [6.45, 7) is 6.26. The number of amides is 1. The third-order valence-corrected chi connectivity index (χ3v) is 4.98. The fourth-order valence-corrected chi connectivity index (χ4v) is 3.35. The first-order chi connectivity index (χ1) is 14.4. The highest BCUT2D eigenvalue weighted by molar-refractivity contribution is 5.76. The summed E-state index contributed by atoms with van der Waals surface area (Å²) in [7, 11) is 3.12. The van der Waals surface area contributed by atoms with Crippen molar-refractivity contribution in [1.82, 2.24) is 14.7 Å². The fraction of sp³-hybridized carbons (Fsp3) is 0.455. The first-order valence-electron chi connectivity index (χ1n) is 9.95. The standard InChI is InChI=1S/C22H28N4O4/c1-6-16-17(12-23)22(28)26(24-18(16)7-2)14-21(27)25(8-3)13-15-9-10-19(29-4)20(11-15)30-5/h9-11H,6-8,13-14H2,1-5H3. The van der Waals surface area contributed by atoms with Crippen LogP contribution in [0.15, 0.2) is 23.0 Å². The number of hydrogen-bond donors (Lipinski definition) is 0. The summed E-state index contributed by atoms with van der Waals surface area (Å²) in [6.07, 6.45) is 1.12. The molecule has 30 heavy (non-hydrogen) atoms. The summed E-state index contributed by atoms with van der Waals surface area (Å²) in [6, 6.07) is 7.45. The van der Waals surface area contributed by atoms with Crippen LogP contribution in [0.3, 0.4) is 0 Å². The maximum absolute atomic E-state index is 12.9. The molecule has 0 saturated carbocycles. The second kappa shape index (κ2) is 10.4. The van der Waals surface area contributed by atoms with Crippen LogP contribution in [0.1, 0.15) is 43.2 Å². The molecule has 0 aliphatic rings. The molecule has 1 aromatic heterocycles. The predicted octanol–water partition coefficient (Wildman–Crippen LogP) is 2.31. The topological polar surface area (TPSA) is 97.4 Å². The van der Waals surface area contributed by atoms with E-state index >= 15 is 0 Å². The number of likely N-dealkylation sites (N-methyl/N-ethyl adjacent to an activating group) is 1. The molecule has 0 bridgehead atoms. The molecule has 0 aliphatic carbocycles. The van der Waals surface area contributed by atoms with Crippen LogP contribution >= 0.6 is 0 Å². The number of ether oxygens (including phenoxy) is 2. The quantitative estimate of drug-likeness (QED) is 0.627. The van der Waals surface area contributed by atoms with Gasteiger partial charge < -0.3 is 14.4 Å². The molecular weight excluding hydrogens is 384 g/mol. The molecule has 0 spiro atoms. The lowest BCUT2D eigenvalue weighted by atomic mass is 10.0. The van der Waals surface area contributed by atoms with Crippen molar-refractivity contribution in [3.8, 4) is 17.6 Å². The molecule has 0 radical (unpaired) electrons. The zero-order valence-corrected chi connectivity index (χ0v) is 18.2. The van der Waals surface area contributed by atoms with E-state index in [1.54, 1.807) is 25.2 Å². The van der Waals surface area contributed by atoms with Crippen LogP contribution in [0.2, 0.25) is 0 Å². The van der Waals surface area contributed by atoms with Gasteiger partial charge in [0.25, 0.3) is 5.56 Å². The smallest absolute Gasteiger partial charge is 0.285 e. The predicted molar refractivity (Wildman–Crippen MR) is 113 cm³/mol. The van der Waals surface area contributed by atoms with E-state index in [4.69, 9.17) is 9.47 Å². The van der Waals surface area contributed by atoms with Crippen molar-refractivity contribution in [2.45, 2.75) is 46.7 Å². The van der Waals surface area contributed by atoms with Crippen LogP contribution in [-0.2, 0) is 30.7 Å². The van der Waals surface area contributed by atoms with Gasteiger partial charge in [-0.2, -0.15) is 10.4 Å². The maximum Gasteiger partial charge on any atom is 0.285 e. The number of nitriles is 1.